The molecule has 0 saturated heterocycles. The van der Waals surface area contributed by atoms with Crippen molar-refractivity contribution in [3.8, 4) is 44.6 Å². The van der Waals surface area contributed by atoms with Crippen molar-refractivity contribution < 1.29 is 4.42 Å². The minimum atomic E-state index is 0.0548. The second kappa shape index (κ2) is 11.1. The lowest BCUT2D eigenvalue weighted by molar-refractivity contribution is 0.591. The van der Waals surface area contributed by atoms with Crippen LogP contribution in [0.2, 0.25) is 0 Å². The number of aromatic nitrogens is 1. The van der Waals surface area contributed by atoms with Crippen LogP contribution in [0.1, 0.15) is 26.3 Å². The number of hydrogen-bond donors (Lipinski definition) is 0. The molecular formula is C49H35NO. The molecule has 10 rings (SSSR count). The maximum Gasteiger partial charge on any atom is 0.143 e. The normalized spacial score (nSPS) is 12.2. The van der Waals surface area contributed by atoms with Crippen molar-refractivity contribution in [2.45, 2.75) is 26.2 Å². The molecule has 2 nitrogen and oxygen atoms in total. The molecule has 2 heteroatoms. The van der Waals surface area contributed by atoms with Crippen LogP contribution in [0.15, 0.2) is 162 Å². The van der Waals surface area contributed by atoms with Gasteiger partial charge in [-0.1, -0.05) is 142 Å². The van der Waals surface area contributed by atoms with E-state index in [0.717, 1.165) is 44.3 Å². The molecule has 2 heterocycles. The molecule has 0 amide bonds. The summed E-state index contributed by atoms with van der Waals surface area (Å²) in [7, 11) is 0. The number of rotatable bonds is 4. The summed E-state index contributed by atoms with van der Waals surface area (Å²) in [5, 5.41) is 10.0. The summed E-state index contributed by atoms with van der Waals surface area (Å²) in [5.41, 5.74) is 12.4. The summed E-state index contributed by atoms with van der Waals surface area (Å²) in [4.78, 5) is 4.59. The van der Waals surface area contributed by atoms with Crippen molar-refractivity contribution in [1.82, 2.24) is 4.98 Å². The summed E-state index contributed by atoms with van der Waals surface area (Å²) in [5.74, 6) is 0. The molecule has 0 N–H and O–H groups in total. The van der Waals surface area contributed by atoms with Gasteiger partial charge in [-0.15, -0.1) is 0 Å². The highest BCUT2D eigenvalue weighted by molar-refractivity contribution is 6.28. The molecule has 0 aliphatic carbocycles. The maximum absolute atomic E-state index is 6.48. The van der Waals surface area contributed by atoms with Crippen molar-refractivity contribution >= 4 is 54.3 Å². The fourth-order valence-electron chi connectivity index (χ4n) is 8.01. The minimum absolute atomic E-state index is 0.0548. The van der Waals surface area contributed by atoms with E-state index in [2.05, 4.69) is 159 Å². The lowest BCUT2D eigenvalue weighted by atomic mass is 9.81. The fraction of sp³-hybridized carbons (Fsp3) is 0.0816. The monoisotopic (exact) mass is 653 g/mol. The molecule has 0 spiro atoms. The first-order chi connectivity index (χ1) is 24.9. The average molecular weight is 654 g/mol. The molecule has 0 saturated carbocycles. The third-order valence-electron chi connectivity index (χ3n) is 10.6. The predicted molar refractivity (Wildman–Crippen MR) is 216 cm³/mol. The van der Waals surface area contributed by atoms with Gasteiger partial charge in [0.1, 0.15) is 11.2 Å². The zero-order chi connectivity index (χ0) is 34.3. The number of hydrogen-bond acceptors (Lipinski definition) is 2. The van der Waals surface area contributed by atoms with Gasteiger partial charge in [0, 0.05) is 28.1 Å². The first kappa shape index (κ1) is 29.6. The van der Waals surface area contributed by atoms with Crippen molar-refractivity contribution in [2.24, 2.45) is 0 Å². The van der Waals surface area contributed by atoms with Gasteiger partial charge in [0.15, 0.2) is 0 Å². The standard InChI is InChI=1S/C49H35NO/c1-49(2,3)36-27-34-21-23-39-42(30-17-19-31(20-18-30)44-15-6-7-25-50-44)29-43(40-24-22-35(28-36)46(34)47(39)40)33-11-8-10-32(26-33)37-13-9-14-41-38-12-4-5-16-45(38)51-48(37)41/h4-29H,1-3H3. The summed E-state index contributed by atoms with van der Waals surface area (Å²) in [6, 6.07) is 55.2. The summed E-state index contributed by atoms with van der Waals surface area (Å²) in [6.07, 6.45) is 1.85. The van der Waals surface area contributed by atoms with Gasteiger partial charge in [-0.3, -0.25) is 4.98 Å². The Morgan fingerprint density at radius 1 is 0.451 bits per heavy atom. The number of nitrogens with zero attached hydrogens (tertiary/aromatic N) is 1. The zero-order valence-corrected chi connectivity index (χ0v) is 28.9. The largest absolute Gasteiger partial charge is 0.455 e. The van der Waals surface area contributed by atoms with Crippen LogP contribution in [0.3, 0.4) is 0 Å². The van der Waals surface area contributed by atoms with E-state index in [9.17, 15) is 0 Å². The number of pyridine rings is 1. The zero-order valence-electron chi connectivity index (χ0n) is 28.9. The molecule has 0 atom stereocenters. The molecule has 10 aromatic rings. The Morgan fingerprint density at radius 2 is 1.10 bits per heavy atom. The van der Waals surface area contributed by atoms with Crippen LogP contribution in [-0.2, 0) is 5.41 Å². The van der Waals surface area contributed by atoms with Crippen molar-refractivity contribution in [3.05, 3.63) is 163 Å². The summed E-state index contributed by atoms with van der Waals surface area (Å²) < 4.78 is 6.48. The van der Waals surface area contributed by atoms with Gasteiger partial charge in [0.05, 0.1) is 5.69 Å². The molecule has 0 fully saturated rings. The number of benzene rings is 8. The third-order valence-corrected chi connectivity index (χ3v) is 10.6. The van der Waals surface area contributed by atoms with Crippen molar-refractivity contribution in [2.75, 3.05) is 0 Å². The SMILES string of the molecule is CC(C)(C)c1cc2ccc3c(-c4ccc(-c5ccccn5)cc4)cc(-c4cccc(-c5cccc6c5oc5ccccc56)c4)c4ccc(c1)c2c34. The van der Waals surface area contributed by atoms with E-state index in [0.29, 0.717) is 0 Å². The smallest absolute Gasteiger partial charge is 0.143 e. The van der Waals surface area contributed by atoms with Crippen LogP contribution in [0.5, 0.6) is 0 Å². The van der Waals surface area contributed by atoms with Gasteiger partial charge in [-0.25, -0.2) is 0 Å². The molecule has 0 aliphatic rings. The Hall–Kier alpha value is -6.25. The minimum Gasteiger partial charge on any atom is -0.455 e. The Balaban J connectivity index is 1.22. The molecule has 8 aromatic carbocycles. The Bertz CT molecular complexity index is 2910. The Labute approximate surface area is 297 Å². The molecule has 0 unspecified atom stereocenters. The van der Waals surface area contributed by atoms with Gasteiger partial charge in [0.2, 0.25) is 0 Å². The van der Waals surface area contributed by atoms with E-state index in [1.807, 2.05) is 24.4 Å². The number of furan rings is 1. The van der Waals surface area contributed by atoms with Gasteiger partial charge >= 0.3 is 0 Å². The third kappa shape index (κ3) is 4.75. The van der Waals surface area contributed by atoms with Crippen LogP contribution in [-0.4, -0.2) is 4.98 Å². The summed E-state index contributed by atoms with van der Waals surface area (Å²) >= 11 is 0. The molecule has 242 valence electrons. The van der Waals surface area contributed by atoms with Crippen LogP contribution in [0, 0.1) is 0 Å². The predicted octanol–water partition coefficient (Wildman–Crippen LogP) is 13.8. The lowest BCUT2D eigenvalue weighted by Gasteiger charge is -2.23. The van der Waals surface area contributed by atoms with Crippen molar-refractivity contribution in [3.63, 3.8) is 0 Å². The van der Waals surface area contributed by atoms with E-state index < -0.39 is 0 Å². The second-order valence-corrected chi connectivity index (χ2v) is 14.8. The molecular weight excluding hydrogens is 619 g/mol. The highest BCUT2D eigenvalue weighted by Gasteiger charge is 2.21. The van der Waals surface area contributed by atoms with Gasteiger partial charge in [0.25, 0.3) is 0 Å². The first-order valence-electron chi connectivity index (χ1n) is 17.7. The van der Waals surface area contributed by atoms with E-state index in [4.69, 9.17) is 4.42 Å². The Morgan fingerprint density at radius 3 is 1.82 bits per heavy atom. The highest BCUT2D eigenvalue weighted by atomic mass is 16.3. The fourth-order valence-corrected chi connectivity index (χ4v) is 8.01. The quantitative estimate of drug-likeness (QED) is 0.177. The molecule has 51 heavy (non-hydrogen) atoms. The van der Waals surface area contributed by atoms with Crippen LogP contribution < -0.4 is 0 Å². The second-order valence-electron chi connectivity index (χ2n) is 14.8. The first-order valence-corrected chi connectivity index (χ1v) is 17.7. The van der Waals surface area contributed by atoms with E-state index in [1.165, 1.54) is 60.1 Å². The highest BCUT2D eigenvalue weighted by Crippen LogP contribution is 2.46. The topological polar surface area (TPSA) is 26.0 Å². The number of para-hydroxylation sites is 2. The lowest BCUT2D eigenvalue weighted by Crippen LogP contribution is -2.10. The molecule has 0 radical (unpaired) electrons. The van der Waals surface area contributed by atoms with Gasteiger partial charge in [-0.05, 0) is 101 Å². The van der Waals surface area contributed by atoms with E-state index in [1.54, 1.807) is 0 Å². The van der Waals surface area contributed by atoms with Crippen LogP contribution in [0.4, 0.5) is 0 Å². The average Bonchev–Trinajstić information content (AvgIpc) is 3.56. The van der Waals surface area contributed by atoms with Gasteiger partial charge < -0.3 is 4.42 Å². The van der Waals surface area contributed by atoms with Crippen LogP contribution >= 0.6 is 0 Å². The Kier molecular flexibility index (Phi) is 6.47. The van der Waals surface area contributed by atoms with Crippen molar-refractivity contribution in [1.29, 1.82) is 0 Å². The molecule has 2 aromatic heterocycles. The van der Waals surface area contributed by atoms with E-state index in [-0.39, 0.29) is 5.41 Å². The molecule has 0 aliphatic heterocycles. The molecule has 0 bridgehead atoms. The van der Waals surface area contributed by atoms with Gasteiger partial charge in [-0.2, -0.15) is 0 Å². The maximum atomic E-state index is 6.48. The van der Waals surface area contributed by atoms with Crippen LogP contribution in [0.25, 0.3) is 98.9 Å². The number of fused-ring (bicyclic) bond motifs is 3. The van der Waals surface area contributed by atoms with E-state index >= 15 is 0 Å². The summed E-state index contributed by atoms with van der Waals surface area (Å²) in [6.45, 7) is 6.89.